The summed E-state index contributed by atoms with van der Waals surface area (Å²) in [5.74, 6) is 0.0479. The lowest BCUT2D eigenvalue weighted by Gasteiger charge is -2.21. The predicted octanol–water partition coefficient (Wildman–Crippen LogP) is -0.301. The van der Waals surface area contributed by atoms with E-state index in [1.165, 1.54) is 28.6 Å². The van der Waals surface area contributed by atoms with Crippen LogP contribution in [0.5, 0.6) is 5.88 Å². The van der Waals surface area contributed by atoms with E-state index in [1.807, 2.05) is 0 Å². The summed E-state index contributed by atoms with van der Waals surface area (Å²) in [5, 5.41) is 4.12. The minimum Gasteiger partial charge on any atom is -0.479 e. The Hall–Kier alpha value is -2.40. The Morgan fingerprint density at radius 3 is 2.58 bits per heavy atom. The molecular weight excluding hydrogens is 360 g/mol. The molecule has 1 amide bonds. The highest BCUT2D eigenvalue weighted by atomic mass is 32.2. The van der Waals surface area contributed by atoms with Crippen LogP contribution in [0, 0.1) is 0 Å². The number of amides is 1. The van der Waals surface area contributed by atoms with Crippen molar-refractivity contribution < 1.29 is 17.9 Å². The van der Waals surface area contributed by atoms with Crippen molar-refractivity contribution in [2.24, 2.45) is 14.1 Å². The number of imidazole rings is 1. The van der Waals surface area contributed by atoms with Gasteiger partial charge >= 0.3 is 0 Å². The summed E-state index contributed by atoms with van der Waals surface area (Å²) < 4.78 is 35.1. The SMILES string of the molecule is COc1nn(C)cc1C(=O)N1CCCN(S(=O)(=O)c2cn(C)cn2)CC1. The lowest BCUT2D eigenvalue weighted by molar-refractivity contribution is 0.0761. The van der Waals surface area contributed by atoms with E-state index in [9.17, 15) is 13.2 Å². The van der Waals surface area contributed by atoms with Crippen LogP contribution >= 0.6 is 0 Å². The van der Waals surface area contributed by atoms with E-state index < -0.39 is 10.0 Å². The van der Waals surface area contributed by atoms with Gasteiger partial charge in [-0.25, -0.2) is 13.4 Å². The smallest absolute Gasteiger partial charge is 0.262 e. The summed E-state index contributed by atoms with van der Waals surface area (Å²) in [6, 6.07) is 0. The third-order valence-corrected chi connectivity index (χ3v) is 6.03. The van der Waals surface area contributed by atoms with Gasteiger partial charge in [0.1, 0.15) is 5.56 Å². The van der Waals surface area contributed by atoms with Crippen molar-refractivity contribution >= 4 is 15.9 Å². The summed E-state index contributed by atoms with van der Waals surface area (Å²) >= 11 is 0. The Morgan fingerprint density at radius 2 is 1.92 bits per heavy atom. The van der Waals surface area contributed by atoms with Crippen LogP contribution in [0.25, 0.3) is 0 Å². The molecule has 0 unspecified atom stereocenters. The van der Waals surface area contributed by atoms with Gasteiger partial charge in [-0.1, -0.05) is 0 Å². The molecule has 142 valence electrons. The van der Waals surface area contributed by atoms with Gasteiger partial charge in [-0.05, 0) is 6.42 Å². The number of sulfonamides is 1. The monoisotopic (exact) mass is 382 g/mol. The first-order chi connectivity index (χ1) is 12.3. The molecule has 1 fully saturated rings. The fourth-order valence-corrected chi connectivity index (χ4v) is 4.36. The zero-order chi connectivity index (χ0) is 18.9. The zero-order valence-corrected chi connectivity index (χ0v) is 15.8. The molecule has 3 heterocycles. The number of aryl methyl sites for hydroxylation is 2. The van der Waals surface area contributed by atoms with Crippen LogP contribution in [-0.4, -0.2) is 76.2 Å². The van der Waals surface area contributed by atoms with Gasteiger partial charge in [-0.2, -0.15) is 4.31 Å². The first-order valence-electron chi connectivity index (χ1n) is 8.18. The molecule has 0 spiro atoms. The van der Waals surface area contributed by atoms with E-state index in [0.717, 1.165) is 0 Å². The average molecular weight is 382 g/mol. The Balaban J connectivity index is 1.75. The Kier molecular flexibility index (Phi) is 5.01. The van der Waals surface area contributed by atoms with E-state index in [4.69, 9.17) is 4.74 Å². The third-order valence-electron chi connectivity index (χ3n) is 4.25. The molecule has 1 aliphatic rings. The highest BCUT2D eigenvalue weighted by Crippen LogP contribution is 2.20. The molecule has 2 aromatic heterocycles. The molecule has 11 heteroatoms. The molecule has 1 saturated heterocycles. The van der Waals surface area contributed by atoms with Crippen LogP contribution < -0.4 is 4.74 Å². The molecule has 26 heavy (non-hydrogen) atoms. The number of aromatic nitrogens is 4. The van der Waals surface area contributed by atoms with Crippen molar-refractivity contribution in [3.63, 3.8) is 0 Å². The summed E-state index contributed by atoms with van der Waals surface area (Å²) in [6.45, 7) is 1.31. The van der Waals surface area contributed by atoms with E-state index in [-0.39, 0.29) is 23.4 Å². The molecule has 0 N–H and O–H groups in total. The molecule has 0 atom stereocenters. The van der Waals surface area contributed by atoms with Gasteiger partial charge in [0.05, 0.1) is 13.4 Å². The van der Waals surface area contributed by atoms with Crippen molar-refractivity contribution in [2.75, 3.05) is 33.3 Å². The number of ether oxygens (including phenoxy) is 1. The fraction of sp³-hybridized carbons (Fsp3) is 0.533. The fourth-order valence-electron chi connectivity index (χ4n) is 2.93. The minimum absolute atomic E-state index is 0.0219. The van der Waals surface area contributed by atoms with Gasteiger partial charge in [-0.15, -0.1) is 5.10 Å². The second-order valence-electron chi connectivity index (χ2n) is 6.15. The highest BCUT2D eigenvalue weighted by Gasteiger charge is 2.31. The van der Waals surface area contributed by atoms with E-state index in [2.05, 4.69) is 10.1 Å². The number of hydrogen-bond acceptors (Lipinski definition) is 6. The topological polar surface area (TPSA) is 103 Å². The number of hydrogen-bond donors (Lipinski definition) is 0. The second-order valence-corrected chi connectivity index (χ2v) is 8.04. The average Bonchev–Trinajstić information content (AvgIpc) is 3.11. The van der Waals surface area contributed by atoms with Crippen molar-refractivity contribution in [1.82, 2.24) is 28.5 Å². The highest BCUT2D eigenvalue weighted by molar-refractivity contribution is 7.89. The lowest BCUT2D eigenvalue weighted by Crippen LogP contribution is -2.37. The van der Waals surface area contributed by atoms with Gasteiger partial charge < -0.3 is 14.2 Å². The van der Waals surface area contributed by atoms with Crippen molar-refractivity contribution in [1.29, 1.82) is 0 Å². The molecule has 0 saturated carbocycles. The normalized spacial score (nSPS) is 16.5. The van der Waals surface area contributed by atoms with E-state index in [0.29, 0.717) is 31.6 Å². The first-order valence-corrected chi connectivity index (χ1v) is 9.62. The molecule has 0 aromatic carbocycles. The predicted molar refractivity (Wildman–Crippen MR) is 92.2 cm³/mol. The van der Waals surface area contributed by atoms with Crippen LogP contribution in [0.1, 0.15) is 16.8 Å². The van der Waals surface area contributed by atoms with Gasteiger partial charge in [0.2, 0.25) is 5.88 Å². The molecule has 1 aliphatic heterocycles. The van der Waals surface area contributed by atoms with Crippen LogP contribution in [0.15, 0.2) is 23.7 Å². The molecule has 0 aliphatic carbocycles. The van der Waals surface area contributed by atoms with Gasteiger partial charge in [0.25, 0.3) is 15.9 Å². The quantitative estimate of drug-likeness (QED) is 0.719. The van der Waals surface area contributed by atoms with Crippen molar-refractivity contribution in [2.45, 2.75) is 11.4 Å². The van der Waals surface area contributed by atoms with Crippen molar-refractivity contribution in [3.8, 4) is 5.88 Å². The maximum atomic E-state index is 12.8. The summed E-state index contributed by atoms with van der Waals surface area (Å²) in [4.78, 5) is 18.4. The van der Waals surface area contributed by atoms with Gasteiger partial charge in [-0.3, -0.25) is 9.48 Å². The molecule has 3 rings (SSSR count). The molecule has 2 aromatic rings. The van der Waals surface area contributed by atoms with Crippen LogP contribution in [0.3, 0.4) is 0 Å². The molecule has 0 radical (unpaired) electrons. The maximum Gasteiger partial charge on any atom is 0.262 e. The van der Waals surface area contributed by atoms with Crippen LogP contribution in [0.4, 0.5) is 0 Å². The number of methoxy groups -OCH3 is 1. The standard InChI is InChI=1S/C15H22N6O4S/c1-18-10-13(16-11-18)26(23,24)21-6-4-5-20(7-8-21)15(22)12-9-19(2)17-14(12)25-3/h9-11H,4-8H2,1-3H3. The molecule has 10 nitrogen and oxygen atoms in total. The number of rotatable bonds is 4. The first kappa shape index (κ1) is 18.4. The number of carbonyl (C=O) groups is 1. The van der Waals surface area contributed by atoms with Crippen LogP contribution in [-0.2, 0) is 24.1 Å². The number of carbonyl (C=O) groups excluding carboxylic acids is 1. The molecular formula is C15H22N6O4S. The van der Waals surface area contributed by atoms with Crippen LogP contribution in [0.2, 0.25) is 0 Å². The van der Waals surface area contributed by atoms with E-state index in [1.54, 1.807) is 29.8 Å². The summed E-state index contributed by atoms with van der Waals surface area (Å²) in [7, 11) is 1.23. The summed E-state index contributed by atoms with van der Waals surface area (Å²) in [5.41, 5.74) is 0.371. The third kappa shape index (κ3) is 3.44. The van der Waals surface area contributed by atoms with Gasteiger partial charge in [0, 0.05) is 52.7 Å². The van der Waals surface area contributed by atoms with Gasteiger partial charge in [0.15, 0.2) is 5.03 Å². The lowest BCUT2D eigenvalue weighted by atomic mass is 10.2. The second kappa shape index (κ2) is 7.08. The van der Waals surface area contributed by atoms with E-state index >= 15 is 0 Å². The number of nitrogens with zero attached hydrogens (tertiary/aromatic N) is 6. The molecule has 0 bridgehead atoms. The Morgan fingerprint density at radius 1 is 1.15 bits per heavy atom. The maximum absolute atomic E-state index is 12.8. The Bertz CT molecular complexity index is 903. The van der Waals surface area contributed by atoms with Crippen molar-refractivity contribution in [3.05, 3.63) is 24.3 Å². The largest absolute Gasteiger partial charge is 0.479 e. The summed E-state index contributed by atoms with van der Waals surface area (Å²) in [6.07, 6.45) is 5.08. The Labute approximate surface area is 152 Å². The zero-order valence-electron chi connectivity index (χ0n) is 15.0. The minimum atomic E-state index is -3.66.